The zero-order valence-electron chi connectivity index (χ0n) is 60.4. The lowest BCUT2D eigenvalue weighted by Crippen LogP contribution is -2.29. The number of fused-ring (bicyclic) bond motifs is 5. The Morgan fingerprint density at radius 2 is 0.605 bits per heavy atom. The molecule has 5 aliphatic heterocycles. The van der Waals surface area contributed by atoms with E-state index in [1.54, 1.807) is 104 Å². The number of sulfonamides is 5. The summed E-state index contributed by atoms with van der Waals surface area (Å²) in [5.41, 5.74) is 10.2. The first-order valence-electron chi connectivity index (χ1n) is 33.9. The van der Waals surface area contributed by atoms with Gasteiger partial charge in [0.1, 0.15) is 24.5 Å². The van der Waals surface area contributed by atoms with Gasteiger partial charge in [0.25, 0.3) is 91.5 Å². The van der Waals surface area contributed by atoms with E-state index in [4.69, 9.17) is 10.3 Å². The van der Waals surface area contributed by atoms with Crippen molar-refractivity contribution in [1.29, 1.82) is 0 Å². The summed E-state index contributed by atoms with van der Waals surface area (Å²) in [5, 5.41) is 17.4. The number of Topliss-reactive ketones (excluding diaryl/α,β-unsaturated/α-hetero) is 2. The van der Waals surface area contributed by atoms with Crippen molar-refractivity contribution in [2.45, 2.75) is 77.8 Å². The molecule has 0 saturated carbocycles. The minimum atomic E-state index is -3.86. The zero-order chi connectivity index (χ0) is 82.8. The van der Waals surface area contributed by atoms with Gasteiger partial charge < -0.3 is 5.11 Å². The highest BCUT2D eigenvalue weighted by Gasteiger charge is 2.44. The van der Waals surface area contributed by atoms with E-state index in [2.05, 4.69) is 17.2 Å². The smallest absolute Gasteiger partial charge is 0.335 e. The number of hydroxylamine groups is 2. The van der Waals surface area contributed by atoms with Crippen molar-refractivity contribution in [3.63, 3.8) is 0 Å². The summed E-state index contributed by atoms with van der Waals surface area (Å²) in [6.45, 7) is 4.74. The van der Waals surface area contributed by atoms with Crippen LogP contribution in [0.25, 0.3) is 0 Å². The van der Waals surface area contributed by atoms with Crippen LogP contribution in [0.1, 0.15) is 152 Å². The molecule has 114 heavy (non-hydrogen) atoms. The Morgan fingerprint density at radius 3 is 0.860 bits per heavy atom. The Labute approximate surface area is 654 Å². The van der Waals surface area contributed by atoms with Crippen LogP contribution in [0.4, 0.5) is 0 Å². The number of nitrogens with one attached hydrogen (secondary N) is 3. The molecule has 0 unspecified atom stereocenters. The molecule has 10 aromatic carbocycles. The van der Waals surface area contributed by atoms with E-state index in [-0.39, 0.29) is 101 Å². The van der Waals surface area contributed by atoms with Crippen molar-refractivity contribution in [1.82, 2.24) is 32.9 Å². The summed E-state index contributed by atoms with van der Waals surface area (Å²) in [6, 6.07) is 62.7. The summed E-state index contributed by atoms with van der Waals surface area (Å²) in [7, 11) is -17.6. The Balaban J connectivity index is 0.000000148. The standard InChI is InChI=1S/C16H14N2O5S.C16H13NO4S.C15H12N2O5S.C15H11NO5S.C10H12O.C7H5NO3S/c1-23-17-15(19)12-8-6-11(7-9-12)10-18-16(20)13-4-2-3-5-14(13)24(18,21)22;1-11(18)13-8-6-12(7-9-13)10-17-16(19)14-4-2-3-5-15(14)22(17,20)21;18-14(16-20)11-7-5-10(6-8-11)9-17-15(19)12-3-1-2-4-13(12)23(17,21)22;17-14-12-3-1-2-4-13(12)22(20,21)16(14)9-10-5-7-11(8-6-10)15(18)19;1-3-9-4-6-10(7-5-9)8(2)11;9-7-5-3-1-2-4-6(5)12(10,11)8-7/h2-9H,10H2,1H3,(H,17,19);2-9H,10H2,1H3;1-8,20H,9H2,(H,16,18);1-8H,9H2,(H,18,19);4-7H,3H2,1-2H3;1-4H,(H,8,9). The molecule has 0 aliphatic carbocycles. The van der Waals surface area contributed by atoms with Gasteiger partial charge in [-0.25, -0.2) is 79.8 Å². The molecule has 7 amide bonds. The molecule has 5 aliphatic rings. The molecule has 35 heteroatoms. The molecule has 0 fully saturated rings. The molecule has 15 rings (SSSR count). The molecule has 30 nitrogen and oxygen atoms in total. The third-order valence-electron chi connectivity index (χ3n) is 17.7. The number of ketones is 2. The van der Waals surface area contributed by atoms with Crippen LogP contribution in [0, 0.1) is 0 Å². The maximum atomic E-state index is 12.5. The number of benzene rings is 10. The summed E-state index contributed by atoms with van der Waals surface area (Å²) >= 11 is 0. The van der Waals surface area contributed by atoms with E-state index in [0.29, 0.717) is 33.4 Å². The average molecular weight is 1640 g/mol. The summed E-state index contributed by atoms with van der Waals surface area (Å²) in [5.74, 6) is -4.85. The van der Waals surface area contributed by atoms with Crippen molar-refractivity contribution < 1.29 is 105 Å². The monoisotopic (exact) mass is 1640 g/mol. The van der Waals surface area contributed by atoms with Gasteiger partial charge in [-0.1, -0.05) is 153 Å². The molecule has 0 atom stereocenters. The number of hydrogen-bond acceptors (Lipinski definition) is 22. The molecule has 0 aromatic heterocycles. The zero-order valence-corrected chi connectivity index (χ0v) is 64.5. The maximum Gasteiger partial charge on any atom is 0.335 e. The number of hydrogen-bond donors (Lipinski definition) is 5. The van der Waals surface area contributed by atoms with Gasteiger partial charge >= 0.3 is 5.97 Å². The Hall–Kier alpha value is -13.0. The SMILES string of the molecule is CC(=O)c1ccc(CN2C(=O)c3ccccc3S2(=O)=O)cc1.CCc1ccc(C(C)=O)cc1.CONC(=O)c1ccc(CN2C(=O)c3ccccc3S2(=O)=O)cc1.O=C(NO)c1ccc(CN2C(=O)c3ccccc3S2(=O)=O)cc1.O=C(O)c1ccc(CN2C(=O)c3ccccc3S2(=O)=O)cc1.O=C1NS(=O)(=O)c2ccccc21. The minimum Gasteiger partial charge on any atom is -0.478 e. The highest BCUT2D eigenvalue weighted by Crippen LogP contribution is 2.36. The van der Waals surface area contributed by atoms with Gasteiger partial charge in [0.15, 0.2) is 11.6 Å². The predicted octanol–water partition coefficient (Wildman–Crippen LogP) is 9.01. The van der Waals surface area contributed by atoms with Gasteiger partial charge in [-0.15, -0.1) is 0 Å². The molecule has 10 aromatic rings. The number of amides is 7. The second-order valence-corrected chi connectivity index (χ2v) is 34.0. The van der Waals surface area contributed by atoms with E-state index in [1.807, 2.05) is 29.0 Å². The van der Waals surface area contributed by atoms with Crippen molar-refractivity contribution in [3.8, 4) is 0 Å². The Kier molecular flexibility index (Phi) is 25.4. The van der Waals surface area contributed by atoms with Crippen LogP contribution in [0.5, 0.6) is 0 Å². The van der Waals surface area contributed by atoms with Crippen LogP contribution in [0.15, 0.2) is 267 Å². The normalized spacial score (nSPS) is 15.2. The lowest BCUT2D eigenvalue weighted by molar-refractivity contribution is 0.0536. The molecule has 5 heterocycles. The van der Waals surface area contributed by atoms with Crippen molar-refractivity contribution in [3.05, 3.63) is 326 Å². The number of carboxylic acids is 1. The highest BCUT2D eigenvalue weighted by molar-refractivity contribution is 7.91. The van der Waals surface area contributed by atoms with E-state index < -0.39 is 97.4 Å². The van der Waals surface area contributed by atoms with Gasteiger partial charge in [0, 0.05) is 22.3 Å². The lowest BCUT2D eigenvalue weighted by atomic mass is 10.1. The van der Waals surface area contributed by atoms with Crippen LogP contribution in [0.3, 0.4) is 0 Å². The van der Waals surface area contributed by atoms with Crippen LogP contribution in [0.2, 0.25) is 0 Å². The number of carbonyl (C=O) groups excluding carboxylic acids is 9. The van der Waals surface area contributed by atoms with Crippen molar-refractivity contribution in [2.24, 2.45) is 0 Å². The molecular formula is C79H67N7O23S5. The van der Waals surface area contributed by atoms with Gasteiger partial charge in [-0.3, -0.25) is 53.2 Å². The number of carboxylic acid groups (broad SMARTS) is 1. The molecular weight excluding hydrogens is 1580 g/mol. The largest absolute Gasteiger partial charge is 0.478 e. The third-order valence-corrected chi connectivity index (χ3v) is 26.2. The summed E-state index contributed by atoms with van der Waals surface area (Å²) in [4.78, 5) is 121. The summed E-state index contributed by atoms with van der Waals surface area (Å²) < 4.78 is 127. The van der Waals surface area contributed by atoms with Crippen LogP contribution in [-0.4, -0.2) is 136 Å². The second-order valence-electron chi connectivity index (χ2n) is 25.0. The second kappa shape index (κ2) is 34.7. The lowest BCUT2D eigenvalue weighted by Gasteiger charge is -2.15. The topological polar surface area (TPSA) is 440 Å². The van der Waals surface area contributed by atoms with Gasteiger partial charge in [0.2, 0.25) is 0 Å². The number of nitrogens with zero attached hydrogens (tertiary/aromatic N) is 4. The number of aryl methyl sites for hydroxylation is 1. The average Bonchev–Trinajstić information content (AvgIpc) is 1.28. The fourth-order valence-corrected chi connectivity index (χ4v) is 19.0. The quantitative estimate of drug-likeness (QED) is 0.0363. The van der Waals surface area contributed by atoms with E-state index >= 15 is 0 Å². The molecule has 0 saturated heterocycles. The molecule has 0 spiro atoms. The first-order chi connectivity index (χ1) is 54.1. The van der Waals surface area contributed by atoms with Crippen LogP contribution in [-0.2, 0) is 87.6 Å². The van der Waals surface area contributed by atoms with Crippen LogP contribution >= 0.6 is 0 Å². The van der Waals surface area contributed by atoms with Crippen molar-refractivity contribution in [2.75, 3.05) is 7.11 Å². The number of rotatable bonds is 15. The van der Waals surface area contributed by atoms with E-state index in [0.717, 1.165) is 29.2 Å². The molecule has 0 radical (unpaired) electrons. The number of aromatic carboxylic acids is 1. The molecule has 0 bridgehead atoms. The van der Waals surface area contributed by atoms with E-state index in [1.165, 1.54) is 146 Å². The predicted molar refractivity (Wildman–Crippen MR) is 407 cm³/mol. The van der Waals surface area contributed by atoms with E-state index in [9.17, 15) is 90.0 Å². The van der Waals surface area contributed by atoms with Gasteiger partial charge in [-0.05, 0) is 145 Å². The van der Waals surface area contributed by atoms with Crippen molar-refractivity contribution >= 4 is 109 Å². The molecule has 5 N–H and O–H groups in total. The Morgan fingerprint density at radius 1 is 0.351 bits per heavy atom. The highest BCUT2D eigenvalue weighted by atomic mass is 32.2. The Bertz CT molecular complexity index is 5960. The van der Waals surface area contributed by atoms with Crippen LogP contribution < -0.4 is 15.7 Å². The fourth-order valence-electron chi connectivity index (χ4n) is 11.6. The number of carbonyl (C=O) groups is 10. The first-order valence-corrected chi connectivity index (χ1v) is 41.1. The maximum absolute atomic E-state index is 12.5. The fraction of sp³-hybridized carbons (Fsp3) is 0.114. The third kappa shape index (κ3) is 18.0. The first kappa shape index (κ1) is 83.4. The van der Waals surface area contributed by atoms with Gasteiger partial charge in [0.05, 0.1) is 66.7 Å². The minimum absolute atomic E-state index is 0.00118. The molecule has 586 valence electrons. The summed E-state index contributed by atoms with van der Waals surface area (Å²) in [6.07, 6.45) is 1.03. The van der Waals surface area contributed by atoms with Gasteiger partial charge in [-0.2, -0.15) is 0 Å².